The minimum absolute atomic E-state index is 0.0925. The van der Waals surface area contributed by atoms with Crippen molar-refractivity contribution in [3.05, 3.63) is 42.0 Å². The molecule has 0 bridgehead atoms. The first-order chi connectivity index (χ1) is 10.9. The molecule has 2 rings (SSSR count). The van der Waals surface area contributed by atoms with E-state index < -0.39 is 0 Å². The third-order valence-electron chi connectivity index (χ3n) is 3.48. The van der Waals surface area contributed by atoms with Crippen LogP contribution in [0.25, 0.3) is 0 Å². The van der Waals surface area contributed by atoms with Crippen LogP contribution in [-0.4, -0.2) is 25.9 Å². The molecule has 1 N–H and O–H groups in total. The summed E-state index contributed by atoms with van der Waals surface area (Å²) in [6.45, 7) is 7.78. The Balaban J connectivity index is 1.97. The molecule has 23 heavy (non-hydrogen) atoms. The molecule has 0 unspecified atom stereocenters. The summed E-state index contributed by atoms with van der Waals surface area (Å²) < 4.78 is 14.9. The average Bonchev–Trinajstić information content (AvgIpc) is 2.96. The number of rotatable bonds is 6. The van der Waals surface area contributed by atoms with Crippen LogP contribution >= 0.6 is 11.8 Å². The van der Waals surface area contributed by atoms with Crippen molar-refractivity contribution >= 4 is 17.7 Å². The van der Waals surface area contributed by atoms with Gasteiger partial charge in [-0.15, -0.1) is 10.2 Å². The minimum atomic E-state index is -0.306. The molecule has 0 aliphatic rings. The Hall–Kier alpha value is -1.89. The van der Waals surface area contributed by atoms with E-state index in [9.17, 15) is 9.18 Å². The van der Waals surface area contributed by atoms with Crippen LogP contribution < -0.4 is 5.32 Å². The molecule has 1 aromatic carbocycles. The lowest BCUT2D eigenvalue weighted by atomic mass is 10.1. The van der Waals surface area contributed by atoms with Crippen LogP contribution in [0.5, 0.6) is 0 Å². The Kier molecular flexibility index (Phi) is 5.76. The second-order valence-corrected chi connectivity index (χ2v) is 6.96. The fourth-order valence-corrected chi connectivity index (χ4v) is 3.01. The van der Waals surface area contributed by atoms with E-state index in [0.29, 0.717) is 0 Å². The Morgan fingerprint density at radius 2 is 1.87 bits per heavy atom. The van der Waals surface area contributed by atoms with Crippen molar-refractivity contribution < 1.29 is 9.18 Å². The number of nitrogens with zero attached hydrogens (tertiary/aromatic N) is 3. The SMILES string of the molecule is CC(C)n1cnnc1S[C@H](C)C(=O)N[C@H](C)c1ccc(F)cc1. The van der Waals surface area contributed by atoms with Crippen LogP contribution in [-0.2, 0) is 4.79 Å². The summed E-state index contributed by atoms with van der Waals surface area (Å²) >= 11 is 1.37. The number of amides is 1. The molecule has 0 spiro atoms. The summed E-state index contributed by atoms with van der Waals surface area (Å²) in [5, 5.41) is 11.3. The molecule has 0 aliphatic heterocycles. The zero-order valence-electron chi connectivity index (χ0n) is 13.7. The zero-order valence-corrected chi connectivity index (χ0v) is 14.5. The Labute approximate surface area is 139 Å². The first-order valence-corrected chi connectivity index (χ1v) is 8.38. The van der Waals surface area contributed by atoms with Gasteiger partial charge in [0.1, 0.15) is 12.1 Å². The van der Waals surface area contributed by atoms with Crippen LogP contribution in [0.2, 0.25) is 0 Å². The van der Waals surface area contributed by atoms with Gasteiger partial charge in [0.05, 0.1) is 11.3 Å². The van der Waals surface area contributed by atoms with Crippen LogP contribution in [0.4, 0.5) is 4.39 Å². The van der Waals surface area contributed by atoms with Gasteiger partial charge >= 0.3 is 0 Å². The van der Waals surface area contributed by atoms with Crippen molar-refractivity contribution in [3.63, 3.8) is 0 Å². The van der Waals surface area contributed by atoms with Crippen molar-refractivity contribution in [1.29, 1.82) is 0 Å². The molecule has 1 heterocycles. The van der Waals surface area contributed by atoms with Gasteiger partial charge in [0.2, 0.25) is 5.91 Å². The van der Waals surface area contributed by atoms with E-state index in [1.54, 1.807) is 18.5 Å². The van der Waals surface area contributed by atoms with Gasteiger partial charge in [-0.3, -0.25) is 4.79 Å². The first-order valence-electron chi connectivity index (χ1n) is 7.50. The molecular formula is C16H21FN4OS. The van der Waals surface area contributed by atoms with E-state index in [4.69, 9.17) is 0 Å². The monoisotopic (exact) mass is 336 g/mol. The Morgan fingerprint density at radius 3 is 2.48 bits per heavy atom. The normalized spacial score (nSPS) is 13.8. The molecule has 0 saturated heterocycles. The van der Waals surface area contributed by atoms with Crippen molar-refractivity contribution in [2.24, 2.45) is 0 Å². The summed E-state index contributed by atoms with van der Waals surface area (Å²) in [6.07, 6.45) is 1.67. The van der Waals surface area contributed by atoms with E-state index in [1.165, 1.54) is 23.9 Å². The molecular weight excluding hydrogens is 315 g/mol. The third kappa shape index (κ3) is 4.54. The predicted octanol–water partition coefficient (Wildman–Crippen LogP) is 3.36. The number of aromatic nitrogens is 3. The fourth-order valence-electron chi connectivity index (χ4n) is 2.05. The molecule has 2 atom stereocenters. The van der Waals surface area contributed by atoms with Gasteiger partial charge in [0.25, 0.3) is 0 Å². The van der Waals surface area contributed by atoms with Crippen LogP contribution in [0.15, 0.2) is 35.7 Å². The molecule has 0 radical (unpaired) electrons. The van der Waals surface area contributed by atoms with Gasteiger partial charge in [0.15, 0.2) is 5.16 Å². The van der Waals surface area contributed by atoms with Crippen LogP contribution in [0.1, 0.15) is 45.3 Å². The van der Waals surface area contributed by atoms with Gasteiger partial charge in [-0.25, -0.2) is 4.39 Å². The lowest BCUT2D eigenvalue weighted by Crippen LogP contribution is -2.33. The molecule has 0 saturated carbocycles. The van der Waals surface area contributed by atoms with E-state index in [-0.39, 0.29) is 29.1 Å². The van der Waals surface area contributed by atoms with E-state index in [2.05, 4.69) is 15.5 Å². The van der Waals surface area contributed by atoms with E-state index in [0.717, 1.165) is 10.7 Å². The van der Waals surface area contributed by atoms with Gasteiger partial charge < -0.3 is 9.88 Å². The van der Waals surface area contributed by atoms with Crippen molar-refractivity contribution in [1.82, 2.24) is 20.1 Å². The number of carbonyl (C=O) groups is 1. The Bertz CT molecular complexity index is 656. The van der Waals surface area contributed by atoms with Crippen molar-refractivity contribution in [2.75, 3.05) is 0 Å². The summed E-state index contributed by atoms with van der Waals surface area (Å²) in [5.41, 5.74) is 0.863. The number of hydrogen-bond acceptors (Lipinski definition) is 4. The maximum absolute atomic E-state index is 12.9. The smallest absolute Gasteiger partial charge is 0.233 e. The number of nitrogens with one attached hydrogen (secondary N) is 1. The summed E-state index contributed by atoms with van der Waals surface area (Å²) in [7, 11) is 0. The summed E-state index contributed by atoms with van der Waals surface area (Å²) in [4.78, 5) is 12.3. The largest absolute Gasteiger partial charge is 0.349 e. The van der Waals surface area contributed by atoms with E-state index >= 15 is 0 Å². The highest BCUT2D eigenvalue weighted by molar-refractivity contribution is 8.00. The average molecular weight is 336 g/mol. The highest BCUT2D eigenvalue weighted by Crippen LogP contribution is 2.24. The summed E-state index contributed by atoms with van der Waals surface area (Å²) in [5.74, 6) is -0.380. The van der Waals surface area contributed by atoms with Crippen LogP contribution in [0.3, 0.4) is 0 Å². The van der Waals surface area contributed by atoms with Crippen LogP contribution in [0, 0.1) is 5.82 Å². The lowest BCUT2D eigenvalue weighted by Gasteiger charge is -2.18. The van der Waals surface area contributed by atoms with Gasteiger partial charge in [0, 0.05) is 6.04 Å². The molecule has 0 aliphatic carbocycles. The van der Waals surface area contributed by atoms with Gasteiger partial charge in [-0.2, -0.15) is 0 Å². The third-order valence-corrected chi connectivity index (χ3v) is 4.55. The second-order valence-electron chi connectivity index (χ2n) is 5.66. The van der Waals surface area contributed by atoms with Crippen molar-refractivity contribution in [2.45, 2.75) is 50.2 Å². The highest BCUT2D eigenvalue weighted by atomic mass is 32.2. The molecule has 7 heteroatoms. The fraction of sp³-hybridized carbons (Fsp3) is 0.438. The van der Waals surface area contributed by atoms with E-state index in [1.807, 2.05) is 32.3 Å². The number of thioether (sulfide) groups is 1. The highest BCUT2D eigenvalue weighted by Gasteiger charge is 2.20. The first kappa shape index (κ1) is 17.5. The Morgan fingerprint density at radius 1 is 1.22 bits per heavy atom. The molecule has 2 aromatic rings. The standard InChI is InChI=1S/C16H21FN4OS/c1-10(2)21-9-18-20-16(21)23-12(4)15(22)19-11(3)13-5-7-14(17)8-6-13/h5-12H,1-4H3,(H,19,22)/t11-,12-/m1/s1. The zero-order chi connectivity index (χ0) is 17.0. The maximum atomic E-state index is 12.9. The van der Waals surface area contributed by atoms with Gasteiger partial charge in [-0.1, -0.05) is 23.9 Å². The molecule has 0 fully saturated rings. The predicted molar refractivity (Wildman–Crippen MR) is 88.7 cm³/mol. The lowest BCUT2D eigenvalue weighted by molar-refractivity contribution is -0.120. The number of halogens is 1. The topological polar surface area (TPSA) is 59.8 Å². The number of carbonyl (C=O) groups excluding carboxylic acids is 1. The number of benzene rings is 1. The molecule has 124 valence electrons. The van der Waals surface area contributed by atoms with Crippen molar-refractivity contribution in [3.8, 4) is 0 Å². The summed E-state index contributed by atoms with van der Waals surface area (Å²) in [6, 6.07) is 6.18. The minimum Gasteiger partial charge on any atom is -0.349 e. The molecule has 5 nitrogen and oxygen atoms in total. The number of hydrogen-bond donors (Lipinski definition) is 1. The quantitative estimate of drug-likeness (QED) is 0.822. The molecule has 1 aromatic heterocycles. The van der Waals surface area contributed by atoms with Gasteiger partial charge in [-0.05, 0) is 45.4 Å². The molecule has 1 amide bonds. The maximum Gasteiger partial charge on any atom is 0.233 e. The second kappa shape index (κ2) is 7.59.